The maximum atomic E-state index is 11.2. The van der Waals surface area contributed by atoms with Crippen molar-refractivity contribution in [3.63, 3.8) is 0 Å². The van der Waals surface area contributed by atoms with Gasteiger partial charge in [0.25, 0.3) is 5.56 Å². The van der Waals surface area contributed by atoms with Crippen LogP contribution in [0, 0.1) is 4.77 Å². The average Bonchev–Trinajstić information content (AvgIpc) is 2.04. The average molecular weight is 217 g/mol. The minimum Gasteiger partial charge on any atom is -0.860 e. The molecule has 4 N–H and O–H groups in total. The SMILES string of the molecule is CCn1c([O-])cc(=O)n(CC)c1=S.[NH4+]. The van der Waals surface area contributed by atoms with Crippen molar-refractivity contribution in [3.8, 4) is 5.88 Å². The van der Waals surface area contributed by atoms with E-state index in [1.807, 2.05) is 13.8 Å². The highest BCUT2D eigenvalue weighted by Gasteiger charge is 1.99. The van der Waals surface area contributed by atoms with Gasteiger partial charge in [-0.1, -0.05) is 0 Å². The molecule has 1 heterocycles. The zero-order valence-corrected chi connectivity index (χ0v) is 9.43. The van der Waals surface area contributed by atoms with Gasteiger partial charge >= 0.3 is 0 Å². The van der Waals surface area contributed by atoms with Crippen molar-refractivity contribution in [2.24, 2.45) is 0 Å². The third-order valence-electron chi connectivity index (χ3n) is 1.87. The molecule has 0 amide bonds. The fraction of sp³-hybridized carbons (Fsp3) is 0.500. The first-order valence-corrected chi connectivity index (χ1v) is 4.54. The van der Waals surface area contributed by atoms with Crippen molar-refractivity contribution in [1.29, 1.82) is 0 Å². The summed E-state index contributed by atoms with van der Waals surface area (Å²) in [4.78, 5) is 11.2. The van der Waals surface area contributed by atoms with Crippen molar-refractivity contribution >= 4 is 12.2 Å². The van der Waals surface area contributed by atoms with E-state index in [1.165, 1.54) is 9.13 Å². The Balaban J connectivity index is 0.00000169. The second-order valence-electron chi connectivity index (χ2n) is 2.59. The maximum Gasteiger partial charge on any atom is 0.253 e. The van der Waals surface area contributed by atoms with Gasteiger partial charge in [-0.2, -0.15) is 0 Å². The summed E-state index contributed by atoms with van der Waals surface area (Å²) in [5, 5.41) is 11.2. The fourth-order valence-electron chi connectivity index (χ4n) is 1.18. The van der Waals surface area contributed by atoms with Gasteiger partial charge in [0.1, 0.15) is 0 Å². The third-order valence-corrected chi connectivity index (χ3v) is 2.31. The number of hydrogen-bond acceptors (Lipinski definition) is 3. The molecule has 5 nitrogen and oxygen atoms in total. The Morgan fingerprint density at radius 3 is 2.29 bits per heavy atom. The van der Waals surface area contributed by atoms with Crippen molar-refractivity contribution < 1.29 is 5.11 Å². The summed E-state index contributed by atoms with van der Waals surface area (Å²) in [6, 6.07) is 1.07. The van der Waals surface area contributed by atoms with Crippen LogP contribution >= 0.6 is 12.2 Å². The molecule has 6 heteroatoms. The molecular formula is C8H15N3O2S. The van der Waals surface area contributed by atoms with Gasteiger partial charge in [0.15, 0.2) is 4.77 Å². The highest BCUT2D eigenvalue weighted by Crippen LogP contribution is 2.02. The standard InChI is InChI=1S/C8H12N2O2S.H3N/c1-3-9-6(11)5-7(12)10(4-2)8(9)13;/h5,11H,3-4H2,1-2H3;1H3. The molecule has 0 aliphatic heterocycles. The number of quaternary nitrogens is 1. The van der Waals surface area contributed by atoms with E-state index in [4.69, 9.17) is 12.2 Å². The van der Waals surface area contributed by atoms with Gasteiger partial charge in [-0.15, -0.1) is 0 Å². The van der Waals surface area contributed by atoms with E-state index < -0.39 is 0 Å². The molecule has 0 atom stereocenters. The van der Waals surface area contributed by atoms with E-state index in [0.717, 1.165) is 6.07 Å². The van der Waals surface area contributed by atoms with Crippen LogP contribution in [0.2, 0.25) is 0 Å². The van der Waals surface area contributed by atoms with Crippen LogP contribution < -0.4 is 16.8 Å². The highest BCUT2D eigenvalue weighted by atomic mass is 32.1. The monoisotopic (exact) mass is 217 g/mol. The van der Waals surface area contributed by atoms with Crippen LogP contribution in [0.4, 0.5) is 0 Å². The van der Waals surface area contributed by atoms with E-state index in [0.29, 0.717) is 17.9 Å². The molecule has 0 fully saturated rings. The van der Waals surface area contributed by atoms with E-state index in [2.05, 4.69) is 0 Å². The Morgan fingerprint density at radius 1 is 1.36 bits per heavy atom. The first kappa shape index (κ1) is 12.9. The molecule has 0 spiro atoms. The van der Waals surface area contributed by atoms with Crippen molar-refractivity contribution in [2.45, 2.75) is 26.9 Å². The molecule has 0 saturated heterocycles. The van der Waals surface area contributed by atoms with E-state index >= 15 is 0 Å². The van der Waals surface area contributed by atoms with Crippen molar-refractivity contribution in [2.75, 3.05) is 0 Å². The van der Waals surface area contributed by atoms with Crippen LogP contribution in [0.25, 0.3) is 0 Å². The van der Waals surface area contributed by atoms with Gasteiger partial charge in [0, 0.05) is 19.2 Å². The van der Waals surface area contributed by atoms with Crippen molar-refractivity contribution in [1.82, 2.24) is 15.3 Å². The van der Waals surface area contributed by atoms with Crippen LogP contribution in [0.3, 0.4) is 0 Å². The summed E-state index contributed by atoms with van der Waals surface area (Å²) in [5.74, 6) is -0.317. The van der Waals surface area contributed by atoms with Gasteiger partial charge in [-0.05, 0) is 31.9 Å². The second-order valence-corrected chi connectivity index (χ2v) is 2.96. The van der Waals surface area contributed by atoms with Crippen molar-refractivity contribution in [3.05, 3.63) is 21.2 Å². The normalized spacial score (nSPS) is 9.57. The second kappa shape index (κ2) is 4.92. The summed E-state index contributed by atoms with van der Waals surface area (Å²) < 4.78 is 3.11. The Bertz CT molecular complexity index is 422. The minimum absolute atomic E-state index is 0. The zero-order chi connectivity index (χ0) is 10.0. The lowest BCUT2D eigenvalue weighted by Crippen LogP contribution is -2.25. The molecule has 0 saturated carbocycles. The number of aromatic nitrogens is 2. The molecule has 0 radical (unpaired) electrons. The van der Waals surface area contributed by atoms with Gasteiger partial charge in [0.05, 0.1) is 0 Å². The maximum absolute atomic E-state index is 11.2. The van der Waals surface area contributed by atoms with E-state index in [-0.39, 0.29) is 17.6 Å². The van der Waals surface area contributed by atoms with Crippen LogP contribution in [-0.2, 0) is 13.1 Å². The van der Waals surface area contributed by atoms with Crippen LogP contribution in [-0.4, -0.2) is 9.13 Å². The first-order chi connectivity index (χ1) is 6.11. The first-order valence-electron chi connectivity index (χ1n) is 4.13. The number of nitrogens with zero attached hydrogens (tertiary/aromatic N) is 2. The molecule has 0 bridgehead atoms. The molecule has 1 aromatic rings. The molecule has 1 rings (SSSR count). The third kappa shape index (κ3) is 2.02. The Hall–Kier alpha value is -1.14. The molecule has 0 aromatic carbocycles. The summed E-state index contributed by atoms with van der Waals surface area (Å²) >= 11 is 4.99. The molecular weight excluding hydrogens is 202 g/mol. The van der Waals surface area contributed by atoms with Crippen LogP contribution in [0.15, 0.2) is 10.9 Å². The van der Waals surface area contributed by atoms with E-state index in [1.54, 1.807) is 0 Å². The lowest BCUT2D eigenvalue weighted by atomic mass is 10.5. The molecule has 0 aliphatic carbocycles. The molecule has 14 heavy (non-hydrogen) atoms. The predicted molar refractivity (Wildman–Crippen MR) is 56.3 cm³/mol. The molecule has 1 aromatic heterocycles. The topological polar surface area (TPSA) is 86.5 Å². The molecule has 0 aliphatic rings. The Labute approximate surface area is 87.2 Å². The Morgan fingerprint density at radius 2 is 1.86 bits per heavy atom. The summed E-state index contributed by atoms with van der Waals surface area (Å²) in [5.41, 5.74) is -0.317. The Kier molecular flexibility index (Phi) is 4.52. The largest absolute Gasteiger partial charge is 0.860 e. The number of hydrogen-bond donors (Lipinski definition) is 1. The summed E-state index contributed by atoms with van der Waals surface area (Å²) in [7, 11) is 0. The van der Waals surface area contributed by atoms with Crippen LogP contribution in [0.1, 0.15) is 13.8 Å². The van der Waals surface area contributed by atoms with Gasteiger partial charge in [0.2, 0.25) is 0 Å². The zero-order valence-electron chi connectivity index (χ0n) is 8.61. The fourth-order valence-corrected chi connectivity index (χ4v) is 1.62. The predicted octanol–water partition coefficient (Wildman–Crippen LogP) is 0.869. The van der Waals surface area contributed by atoms with Crippen LogP contribution in [0.5, 0.6) is 5.88 Å². The smallest absolute Gasteiger partial charge is 0.253 e. The van der Waals surface area contributed by atoms with Gasteiger partial charge in [-0.3, -0.25) is 9.36 Å². The summed E-state index contributed by atoms with van der Waals surface area (Å²) in [6.07, 6.45) is 0. The van der Waals surface area contributed by atoms with Gasteiger partial charge < -0.3 is 15.8 Å². The highest BCUT2D eigenvalue weighted by molar-refractivity contribution is 7.71. The van der Waals surface area contributed by atoms with E-state index in [9.17, 15) is 9.90 Å². The summed E-state index contributed by atoms with van der Waals surface area (Å²) in [6.45, 7) is 4.64. The molecule has 0 unspecified atom stereocenters. The lowest BCUT2D eigenvalue weighted by Gasteiger charge is -2.17. The number of rotatable bonds is 2. The van der Waals surface area contributed by atoms with Gasteiger partial charge in [-0.25, -0.2) is 0 Å². The lowest BCUT2D eigenvalue weighted by molar-refractivity contribution is -0.280. The molecule has 80 valence electrons. The quantitative estimate of drug-likeness (QED) is 0.746. The minimum atomic E-state index is -0.317.